The van der Waals surface area contributed by atoms with E-state index in [-0.39, 0.29) is 12.4 Å². The summed E-state index contributed by atoms with van der Waals surface area (Å²) in [6, 6.07) is 0. The van der Waals surface area contributed by atoms with Crippen LogP contribution in [0.3, 0.4) is 0 Å². The van der Waals surface area contributed by atoms with Gasteiger partial charge in [-0.15, -0.1) is 0 Å². The van der Waals surface area contributed by atoms with Crippen molar-refractivity contribution in [3.63, 3.8) is 0 Å². The molecule has 0 bridgehead atoms. The van der Waals surface area contributed by atoms with Crippen LogP contribution < -0.4 is 0 Å². The van der Waals surface area contributed by atoms with Gasteiger partial charge in [0.2, 0.25) is 5.76 Å². The number of aliphatic hydroxyl groups is 1. The molecule has 0 fully saturated rings. The number of aliphatic hydroxyl groups excluding tert-OH is 1. The summed E-state index contributed by atoms with van der Waals surface area (Å²) in [6.45, 7) is 0.227. The number of halogens is 1. The first-order valence-corrected chi connectivity index (χ1v) is 3.04. The van der Waals surface area contributed by atoms with E-state index in [1.54, 1.807) is 0 Å². The minimum absolute atomic E-state index is 0.227. The molecule has 44 valence electrons. The van der Waals surface area contributed by atoms with Crippen LogP contribution in [0, 0.1) is 0 Å². The number of carbonyl (C=O) groups excluding carboxylic acids is 1. The second-order valence-corrected chi connectivity index (χ2v) is 2.63. The summed E-state index contributed by atoms with van der Waals surface area (Å²) < 4.78 is 4.98. The smallest absolute Gasteiger partial charge is 0.374 e. The van der Waals surface area contributed by atoms with Crippen LogP contribution in [0.15, 0.2) is 9.34 Å². The Morgan fingerprint density at radius 1 is 1.75 bits per heavy atom. The molecule has 3 nitrogen and oxygen atoms in total. The maximum absolute atomic E-state index is 10.2. The molecule has 0 aromatic carbocycles. The molecule has 0 amide bonds. The fraction of sp³-hybridized carbons (Fsp3) is 0.250. The van der Waals surface area contributed by atoms with E-state index in [2.05, 4.69) is 4.74 Å². The molecule has 0 atom stereocenters. The van der Waals surface area contributed by atoms with Crippen molar-refractivity contribution in [1.82, 2.24) is 0 Å². The number of cyclic esters (lactones) is 1. The third-order valence-corrected chi connectivity index (χ3v) is 1.60. The highest BCUT2D eigenvalue weighted by atomic mass is 127. The molecule has 1 aliphatic heterocycles. The Kier molecular flexibility index (Phi) is 1.41. The van der Waals surface area contributed by atoms with Crippen LogP contribution >= 0.6 is 22.6 Å². The zero-order valence-electron chi connectivity index (χ0n) is 3.85. The van der Waals surface area contributed by atoms with E-state index in [4.69, 9.17) is 5.11 Å². The van der Waals surface area contributed by atoms with Crippen molar-refractivity contribution in [1.29, 1.82) is 0 Å². The summed E-state index contributed by atoms with van der Waals surface area (Å²) in [5, 5.41) is 8.66. The first-order chi connectivity index (χ1) is 3.72. The van der Waals surface area contributed by atoms with Gasteiger partial charge in [-0.1, -0.05) is 0 Å². The van der Waals surface area contributed by atoms with Crippen molar-refractivity contribution < 1.29 is 14.6 Å². The number of hydrogen-bond acceptors (Lipinski definition) is 3. The van der Waals surface area contributed by atoms with Gasteiger partial charge in [0.25, 0.3) is 0 Å². The molecule has 0 radical (unpaired) electrons. The molecule has 0 saturated carbocycles. The predicted octanol–water partition coefficient (Wildman–Crippen LogP) is 0.748. The number of carbonyl (C=O) groups is 1. The van der Waals surface area contributed by atoms with Crippen molar-refractivity contribution >= 4 is 28.6 Å². The monoisotopic (exact) mass is 226 g/mol. The summed E-state index contributed by atoms with van der Waals surface area (Å²) in [5.41, 5.74) is 0. The average Bonchev–Trinajstić information content (AvgIpc) is 1.98. The van der Waals surface area contributed by atoms with E-state index in [9.17, 15) is 4.79 Å². The van der Waals surface area contributed by atoms with Crippen LogP contribution in [-0.4, -0.2) is 17.7 Å². The highest BCUT2D eigenvalue weighted by Crippen LogP contribution is 2.18. The summed E-state index contributed by atoms with van der Waals surface area (Å²) in [7, 11) is 0. The first-order valence-electron chi connectivity index (χ1n) is 1.96. The Hall–Kier alpha value is -0.260. The third-order valence-electron chi connectivity index (χ3n) is 0.780. The quantitative estimate of drug-likeness (QED) is 0.489. The van der Waals surface area contributed by atoms with Crippen molar-refractivity contribution in [2.45, 2.75) is 0 Å². The largest absolute Gasteiger partial charge is 0.501 e. The minimum Gasteiger partial charge on any atom is -0.501 e. The lowest BCUT2D eigenvalue weighted by atomic mass is 10.5. The van der Waals surface area contributed by atoms with E-state index >= 15 is 0 Å². The van der Waals surface area contributed by atoms with E-state index in [0.717, 1.165) is 0 Å². The third kappa shape index (κ3) is 0.795. The molecule has 1 aliphatic rings. The Morgan fingerprint density at radius 2 is 2.38 bits per heavy atom. The highest BCUT2D eigenvalue weighted by Gasteiger charge is 2.21. The molecular weight excluding hydrogens is 223 g/mol. The lowest BCUT2D eigenvalue weighted by Gasteiger charge is -1.84. The molecule has 0 unspecified atom stereocenters. The topological polar surface area (TPSA) is 46.5 Å². The van der Waals surface area contributed by atoms with Gasteiger partial charge in [-0.2, -0.15) is 0 Å². The molecule has 1 N–H and O–H groups in total. The molecule has 4 heteroatoms. The van der Waals surface area contributed by atoms with Crippen LogP contribution in [0.4, 0.5) is 0 Å². The minimum atomic E-state index is -0.616. The van der Waals surface area contributed by atoms with Crippen LogP contribution in [0.25, 0.3) is 0 Å². The Morgan fingerprint density at radius 3 is 2.50 bits per heavy atom. The van der Waals surface area contributed by atoms with E-state index in [1.165, 1.54) is 0 Å². The van der Waals surface area contributed by atoms with Gasteiger partial charge in [0.15, 0.2) is 0 Å². The lowest BCUT2D eigenvalue weighted by Crippen LogP contribution is -1.96. The van der Waals surface area contributed by atoms with Crippen LogP contribution in [-0.2, 0) is 9.53 Å². The molecule has 0 aliphatic carbocycles. The van der Waals surface area contributed by atoms with Gasteiger partial charge in [-0.05, 0) is 22.6 Å². The molecule has 8 heavy (non-hydrogen) atoms. The predicted molar refractivity (Wildman–Crippen MR) is 34.6 cm³/mol. The maximum atomic E-state index is 10.2. The van der Waals surface area contributed by atoms with Gasteiger partial charge in [0, 0.05) is 0 Å². The van der Waals surface area contributed by atoms with E-state index < -0.39 is 5.97 Å². The molecule has 0 saturated heterocycles. The number of rotatable bonds is 0. The second kappa shape index (κ2) is 1.93. The van der Waals surface area contributed by atoms with Crippen LogP contribution in [0.5, 0.6) is 0 Å². The zero-order chi connectivity index (χ0) is 6.15. The fourth-order valence-corrected chi connectivity index (χ4v) is 0.752. The van der Waals surface area contributed by atoms with Gasteiger partial charge < -0.3 is 9.84 Å². The summed E-state index contributed by atoms with van der Waals surface area (Å²) in [6.07, 6.45) is 0. The van der Waals surface area contributed by atoms with Crippen LogP contribution in [0.2, 0.25) is 0 Å². The van der Waals surface area contributed by atoms with E-state index in [1.807, 2.05) is 22.6 Å². The maximum Gasteiger partial charge on any atom is 0.374 e. The molecule has 0 aromatic heterocycles. The molecule has 0 spiro atoms. The van der Waals surface area contributed by atoms with Gasteiger partial charge in [0.1, 0.15) is 6.61 Å². The fourth-order valence-electron chi connectivity index (χ4n) is 0.376. The second-order valence-electron chi connectivity index (χ2n) is 1.33. The van der Waals surface area contributed by atoms with E-state index in [0.29, 0.717) is 3.58 Å². The summed E-state index contributed by atoms with van der Waals surface area (Å²) >= 11 is 1.86. The average molecular weight is 226 g/mol. The van der Waals surface area contributed by atoms with Crippen molar-refractivity contribution in [2.75, 3.05) is 6.61 Å². The lowest BCUT2D eigenvalue weighted by molar-refractivity contribution is -0.138. The number of hydrogen-bond donors (Lipinski definition) is 1. The molecule has 1 heterocycles. The SMILES string of the molecule is O=C1OCC(I)=C1O. The Balaban J connectivity index is 2.86. The Bertz CT molecular complexity index is 161. The number of ether oxygens (including phenoxy) is 1. The van der Waals surface area contributed by atoms with Crippen LogP contribution in [0.1, 0.15) is 0 Å². The summed E-state index contributed by atoms with van der Waals surface area (Å²) in [5.74, 6) is -0.861. The molecule has 0 aromatic rings. The van der Waals surface area contributed by atoms with Gasteiger partial charge in [-0.25, -0.2) is 4.79 Å². The standard InChI is InChI=1S/C4H3IO3/c5-2-1-8-4(7)3(2)6/h6H,1H2. The first kappa shape index (κ1) is 5.87. The van der Waals surface area contributed by atoms with Gasteiger partial charge >= 0.3 is 5.97 Å². The van der Waals surface area contributed by atoms with Crippen molar-refractivity contribution in [2.24, 2.45) is 0 Å². The van der Waals surface area contributed by atoms with Gasteiger partial charge in [-0.3, -0.25) is 0 Å². The highest BCUT2D eigenvalue weighted by molar-refractivity contribution is 14.1. The molecule has 1 rings (SSSR count). The normalized spacial score (nSPS) is 19.4. The van der Waals surface area contributed by atoms with Gasteiger partial charge in [0.05, 0.1) is 3.58 Å². The zero-order valence-corrected chi connectivity index (χ0v) is 6.01. The number of esters is 1. The Labute approximate surface area is 59.5 Å². The van der Waals surface area contributed by atoms with Crippen molar-refractivity contribution in [3.05, 3.63) is 9.34 Å². The summed E-state index contributed by atoms with van der Waals surface area (Å²) in [4.78, 5) is 10.2. The molecular formula is C4H3IO3. The van der Waals surface area contributed by atoms with Crippen molar-refractivity contribution in [3.8, 4) is 0 Å².